The number of nitrogens with one attached hydrogen (secondary N) is 1. The lowest BCUT2D eigenvalue weighted by Gasteiger charge is -2.41. The van der Waals surface area contributed by atoms with Gasteiger partial charge in [-0.15, -0.1) is 0 Å². The average molecular weight is 240 g/mol. The molecule has 0 aliphatic carbocycles. The van der Waals surface area contributed by atoms with Gasteiger partial charge in [-0.2, -0.15) is 0 Å². The molecule has 1 unspecified atom stereocenters. The standard InChI is InChI=1S/C13H24N2O2/c1-13(2)6-4-7-14-11(13)12(17)15-8-3-5-10(15)9-16/h10-11,14,16H,3-9H2,1-2H3/t10-,11?/m0/s1. The van der Waals surface area contributed by atoms with Crippen molar-refractivity contribution in [1.29, 1.82) is 0 Å². The van der Waals surface area contributed by atoms with Crippen molar-refractivity contribution in [3.8, 4) is 0 Å². The molecule has 98 valence electrons. The lowest BCUT2D eigenvalue weighted by molar-refractivity contribution is -0.139. The molecule has 2 fully saturated rings. The van der Waals surface area contributed by atoms with Gasteiger partial charge in [0.25, 0.3) is 0 Å². The largest absolute Gasteiger partial charge is 0.394 e. The highest BCUT2D eigenvalue weighted by Crippen LogP contribution is 2.32. The Morgan fingerprint density at radius 3 is 2.88 bits per heavy atom. The summed E-state index contributed by atoms with van der Waals surface area (Å²) in [6.45, 7) is 6.15. The van der Waals surface area contributed by atoms with Crippen molar-refractivity contribution < 1.29 is 9.90 Å². The molecule has 2 atom stereocenters. The van der Waals surface area contributed by atoms with Crippen LogP contribution in [0.1, 0.15) is 39.5 Å². The molecule has 2 saturated heterocycles. The van der Waals surface area contributed by atoms with Crippen LogP contribution in [-0.4, -0.2) is 47.7 Å². The van der Waals surface area contributed by atoms with E-state index in [1.165, 1.54) is 0 Å². The molecule has 0 aromatic carbocycles. The van der Waals surface area contributed by atoms with E-state index in [9.17, 15) is 9.90 Å². The Kier molecular flexibility index (Phi) is 3.73. The van der Waals surface area contributed by atoms with Crippen LogP contribution in [0.5, 0.6) is 0 Å². The van der Waals surface area contributed by atoms with E-state index in [0.717, 1.165) is 38.8 Å². The minimum Gasteiger partial charge on any atom is -0.394 e. The highest BCUT2D eigenvalue weighted by atomic mass is 16.3. The van der Waals surface area contributed by atoms with E-state index in [-0.39, 0.29) is 30.0 Å². The first-order valence-corrected chi connectivity index (χ1v) is 6.71. The van der Waals surface area contributed by atoms with Crippen molar-refractivity contribution in [1.82, 2.24) is 10.2 Å². The van der Waals surface area contributed by atoms with Crippen molar-refractivity contribution in [2.75, 3.05) is 19.7 Å². The van der Waals surface area contributed by atoms with Gasteiger partial charge in [-0.25, -0.2) is 0 Å². The Bertz CT molecular complexity index is 291. The summed E-state index contributed by atoms with van der Waals surface area (Å²) >= 11 is 0. The number of hydrogen-bond acceptors (Lipinski definition) is 3. The van der Waals surface area contributed by atoms with Gasteiger partial charge in [-0.1, -0.05) is 13.8 Å². The summed E-state index contributed by atoms with van der Waals surface area (Å²) in [5.41, 5.74) is 0.0257. The lowest BCUT2D eigenvalue weighted by atomic mass is 9.77. The third-order valence-electron chi connectivity index (χ3n) is 4.25. The van der Waals surface area contributed by atoms with Crippen LogP contribution >= 0.6 is 0 Å². The topological polar surface area (TPSA) is 52.6 Å². The fourth-order valence-corrected chi connectivity index (χ4v) is 3.11. The Balaban J connectivity index is 2.08. The maximum Gasteiger partial charge on any atom is 0.240 e. The lowest BCUT2D eigenvalue weighted by Crippen LogP contribution is -2.57. The SMILES string of the molecule is CC1(C)CCCNC1C(=O)N1CCC[C@H]1CO. The number of nitrogens with zero attached hydrogens (tertiary/aromatic N) is 1. The second-order valence-corrected chi connectivity index (χ2v) is 5.99. The highest BCUT2D eigenvalue weighted by molar-refractivity contribution is 5.83. The second-order valence-electron chi connectivity index (χ2n) is 5.99. The Labute approximate surface area is 103 Å². The normalized spacial score (nSPS) is 32.8. The summed E-state index contributed by atoms with van der Waals surface area (Å²) in [6.07, 6.45) is 4.19. The number of rotatable bonds is 2. The molecule has 4 heteroatoms. The predicted molar refractivity (Wildman–Crippen MR) is 66.6 cm³/mol. The maximum atomic E-state index is 12.5. The first-order chi connectivity index (χ1) is 8.06. The summed E-state index contributed by atoms with van der Waals surface area (Å²) in [7, 11) is 0. The fraction of sp³-hybridized carbons (Fsp3) is 0.923. The van der Waals surface area contributed by atoms with Gasteiger partial charge < -0.3 is 15.3 Å². The number of carbonyl (C=O) groups is 1. The van der Waals surface area contributed by atoms with E-state index in [4.69, 9.17) is 0 Å². The van der Waals surface area contributed by atoms with Gasteiger partial charge >= 0.3 is 0 Å². The number of carbonyl (C=O) groups excluding carboxylic acids is 1. The highest BCUT2D eigenvalue weighted by Gasteiger charge is 2.41. The van der Waals surface area contributed by atoms with Crippen LogP contribution in [0.3, 0.4) is 0 Å². The Hall–Kier alpha value is -0.610. The third kappa shape index (κ3) is 2.47. The zero-order chi connectivity index (χ0) is 12.5. The average Bonchev–Trinajstić information content (AvgIpc) is 2.75. The first kappa shape index (κ1) is 12.8. The van der Waals surface area contributed by atoms with Crippen LogP contribution in [0.2, 0.25) is 0 Å². The molecular formula is C13H24N2O2. The maximum absolute atomic E-state index is 12.5. The summed E-state index contributed by atoms with van der Waals surface area (Å²) in [4.78, 5) is 14.4. The molecule has 2 rings (SSSR count). The molecule has 0 saturated carbocycles. The number of aliphatic hydroxyl groups is 1. The molecule has 2 N–H and O–H groups in total. The van der Waals surface area contributed by atoms with Crippen LogP contribution in [-0.2, 0) is 4.79 Å². The van der Waals surface area contributed by atoms with Gasteiger partial charge in [0.05, 0.1) is 18.7 Å². The van der Waals surface area contributed by atoms with Gasteiger partial charge in [-0.3, -0.25) is 4.79 Å². The van der Waals surface area contributed by atoms with Crippen LogP contribution in [0.4, 0.5) is 0 Å². The van der Waals surface area contributed by atoms with E-state index in [2.05, 4.69) is 19.2 Å². The van der Waals surface area contributed by atoms with E-state index in [1.807, 2.05) is 4.90 Å². The number of aliphatic hydroxyl groups excluding tert-OH is 1. The minimum absolute atomic E-state index is 0.0257. The zero-order valence-corrected chi connectivity index (χ0v) is 10.9. The summed E-state index contributed by atoms with van der Waals surface area (Å²) in [6, 6.07) is -0.0366. The third-order valence-corrected chi connectivity index (χ3v) is 4.25. The van der Waals surface area contributed by atoms with Gasteiger partial charge in [0.1, 0.15) is 0 Å². The van der Waals surface area contributed by atoms with Crippen molar-refractivity contribution in [2.45, 2.75) is 51.6 Å². The fourth-order valence-electron chi connectivity index (χ4n) is 3.11. The number of likely N-dealkylation sites (tertiary alicyclic amines) is 1. The van der Waals surface area contributed by atoms with Crippen molar-refractivity contribution in [3.05, 3.63) is 0 Å². The Morgan fingerprint density at radius 1 is 1.47 bits per heavy atom. The summed E-state index contributed by atoms with van der Waals surface area (Å²) in [5, 5.41) is 12.7. The number of amides is 1. The molecule has 0 bridgehead atoms. The zero-order valence-electron chi connectivity index (χ0n) is 10.9. The summed E-state index contributed by atoms with van der Waals surface area (Å²) < 4.78 is 0. The molecule has 4 nitrogen and oxygen atoms in total. The molecule has 2 aliphatic rings. The van der Waals surface area contributed by atoms with Crippen molar-refractivity contribution >= 4 is 5.91 Å². The van der Waals surface area contributed by atoms with Crippen LogP contribution < -0.4 is 5.32 Å². The van der Waals surface area contributed by atoms with Crippen LogP contribution in [0, 0.1) is 5.41 Å². The van der Waals surface area contributed by atoms with Crippen molar-refractivity contribution in [2.24, 2.45) is 5.41 Å². The second kappa shape index (κ2) is 4.94. The molecule has 0 radical (unpaired) electrons. The number of hydrogen-bond donors (Lipinski definition) is 2. The van der Waals surface area contributed by atoms with Gasteiger partial charge in [0.15, 0.2) is 0 Å². The summed E-state index contributed by atoms with van der Waals surface area (Å²) in [5.74, 6) is 0.186. The molecule has 2 aliphatic heterocycles. The minimum atomic E-state index is -0.0802. The molecular weight excluding hydrogens is 216 g/mol. The van der Waals surface area contributed by atoms with E-state index < -0.39 is 0 Å². The molecule has 0 aromatic rings. The van der Waals surface area contributed by atoms with Crippen LogP contribution in [0.15, 0.2) is 0 Å². The molecule has 17 heavy (non-hydrogen) atoms. The smallest absolute Gasteiger partial charge is 0.240 e. The Morgan fingerprint density at radius 2 is 2.24 bits per heavy atom. The van der Waals surface area contributed by atoms with E-state index >= 15 is 0 Å². The van der Waals surface area contributed by atoms with Crippen LogP contribution in [0.25, 0.3) is 0 Å². The van der Waals surface area contributed by atoms with Gasteiger partial charge in [-0.05, 0) is 37.6 Å². The van der Waals surface area contributed by atoms with Crippen molar-refractivity contribution in [3.63, 3.8) is 0 Å². The predicted octanol–water partition coefficient (Wildman–Crippen LogP) is 0.748. The molecule has 0 aromatic heterocycles. The molecule has 1 amide bonds. The molecule has 0 spiro atoms. The first-order valence-electron chi connectivity index (χ1n) is 6.71. The monoisotopic (exact) mass is 240 g/mol. The quantitative estimate of drug-likeness (QED) is 0.749. The van der Waals surface area contributed by atoms with Gasteiger partial charge in [0.2, 0.25) is 5.91 Å². The van der Waals surface area contributed by atoms with E-state index in [1.54, 1.807) is 0 Å². The van der Waals surface area contributed by atoms with Gasteiger partial charge in [0, 0.05) is 6.54 Å². The van der Waals surface area contributed by atoms with E-state index in [0.29, 0.717) is 0 Å². The number of piperidine rings is 1. The molecule has 2 heterocycles.